The van der Waals surface area contributed by atoms with Gasteiger partial charge in [-0.25, -0.2) is 0 Å². The summed E-state index contributed by atoms with van der Waals surface area (Å²) >= 11 is 0. The molecule has 0 fully saturated rings. The maximum atomic E-state index is 5.86. The van der Waals surface area contributed by atoms with E-state index in [-0.39, 0.29) is 6.10 Å². The molecule has 1 N–H and O–H groups in total. The number of hydrogen-bond donors (Lipinski definition) is 1. The second-order valence-corrected chi connectivity index (χ2v) is 4.88. The van der Waals surface area contributed by atoms with Crippen molar-refractivity contribution in [2.24, 2.45) is 0 Å². The molecule has 2 nitrogen and oxygen atoms in total. The molecule has 1 atom stereocenters. The monoisotopic (exact) mass is 235 g/mol. The summed E-state index contributed by atoms with van der Waals surface area (Å²) in [5, 5.41) is 3.51. The Hall–Kier alpha value is -1.02. The van der Waals surface area contributed by atoms with Crippen LogP contribution in [0.3, 0.4) is 0 Å². The van der Waals surface area contributed by atoms with Gasteiger partial charge < -0.3 is 10.1 Å². The molecule has 1 aromatic rings. The van der Waals surface area contributed by atoms with Crippen LogP contribution >= 0.6 is 0 Å². The number of rotatable bonds is 6. The number of ether oxygens (including phenoxy) is 1. The molecule has 1 unspecified atom stereocenters. The molecule has 0 aliphatic rings. The summed E-state index contributed by atoms with van der Waals surface area (Å²) in [6, 6.07) is 6.73. The largest absolute Gasteiger partial charge is 0.491 e. The maximum absolute atomic E-state index is 5.86. The Morgan fingerprint density at radius 3 is 2.53 bits per heavy atom. The van der Waals surface area contributed by atoms with E-state index in [9.17, 15) is 0 Å². The minimum atomic E-state index is 0.217. The summed E-state index contributed by atoms with van der Waals surface area (Å²) in [7, 11) is 0. The van der Waals surface area contributed by atoms with Crippen LogP contribution in [0.2, 0.25) is 0 Å². The van der Waals surface area contributed by atoms with Crippen LogP contribution in [0.5, 0.6) is 5.75 Å². The SMILES string of the molecule is CCCNC(C)c1cc(C)ccc1OC(C)C. The predicted molar refractivity (Wildman–Crippen MR) is 73.7 cm³/mol. The molecule has 1 rings (SSSR count). The van der Waals surface area contributed by atoms with E-state index in [1.807, 2.05) is 0 Å². The molecular weight excluding hydrogens is 210 g/mol. The lowest BCUT2D eigenvalue weighted by Crippen LogP contribution is -2.20. The molecule has 0 spiro atoms. The molecule has 0 amide bonds. The third kappa shape index (κ3) is 4.39. The standard InChI is InChI=1S/C15H25NO/c1-6-9-16-13(5)14-10-12(4)7-8-15(14)17-11(2)3/h7-8,10-11,13,16H,6,9H2,1-5H3. The Labute approximate surface area is 105 Å². The van der Waals surface area contributed by atoms with Gasteiger partial charge in [0.1, 0.15) is 5.75 Å². The van der Waals surface area contributed by atoms with E-state index in [4.69, 9.17) is 4.74 Å². The van der Waals surface area contributed by atoms with E-state index < -0.39 is 0 Å². The van der Waals surface area contributed by atoms with Gasteiger partial charge in [-0.2, -0.15) is 0 Å². The summed E-state index contributed by atoms with van der Waals surface area (Å²) in [5.74, 6) is 1.00. The molecular formula is C15H25NO. The molecule has 17 heavy (non-hydrogen) atoms. The molecule has 0 aliphatic carbocycles. The highest BCUT2D eigenvalue weighted by Crippen LogP contribution is 2.27. The van der Waals surface area contributed by atoms with E-state index in [1.165, 1.54) is 11.1 Å². The Kier molecular flexibility index (Phi) is 5.49. The number of hydrogen-bond acceptors (Lipinski definition) is 2. The van der Waals surface area contributed by atoms with Gasteiger partial charge in [0.05, 0.1) is 6.10 Å². The van der Waals surface area contributed by atoms with Crippen molar-refractivity contribution < 1.29 is 4.74 Å². The van der Waals surface area contributed by atoms with Crippen LogP contribution < -0.4 is 10.1 Å². The smallest absolute Gasteiger partial charge is 0.124 e. The second kappa shape index (κ2) is 6.65. The van der Waals surface area contributed by atoms with E-state index in [0.29, 0.717) is 6.04 Å². The van der Waals surface area contributed by atoms with E-state index >= 15 is 0 Å². The minimum absolute atomic E-state index is 0.217. The van der Waals surface area contributed by atoms with Gasteiger partial charge in [-0.3, -0.25) is 0 Å². The summed E-state index contributed by atoms with van der Waals surface area (Å²) in [4.78, 5) is 0. The van der Waals surface area contributed by atoms with Crippen molar-refractivity contribution in [1.29, 1.82) is 0 Å². The van der Waals surface area contributed by atoms with Gasteiger partial charge in [-0.1, -0.05) is 24.6 Å². The van der Waals surface area contributed by atoms with Crippen molar-refractivity contribution in [3.8, 4) is 5.75 Å². The molecule has 0 saturated carbocycles. The van der Waals surface area contributed by atoms with Crippen LogP contribution in [0.1, 0.15) is 51.3 Å². The van der Waals surface area contributed by atoms with Crippen molar-refractivity contribution in [1.82, 2.24) is 5.32 Å². The molecule has 0 aliphatic heterocycles. The zero-order chi connectivity index (χ0) is 12.8. The normalized spacial score (nSPS) is 12.8. The summed E-state index contributed by atoms with van der Waals surface area (Å²) < 4.78 is 5.86. The minimum Gasteiger partial charge on any atom is -0.491 e. The van der Waals surface area contributed by atoms with Crippen LogP contribution in [-0.4, -0.2) is 12.6 Å². The fourth-order valence-electron chi connectivity index (χ4n) is 1.84. The first kappa shape index (κ1) is 14.0. The Bertz CT molecular complexity index is 347. The van der Waals surface area contributed by atoms with E-state index in [2.05, 4.69) is 58.1 Å². The van der Waals surface area contributed by atoms with Gasteiger partial charge in [0.15, 0.2) is 0 Å². The summed E-state index contributed by atoms with van der Waals surface area (Å²) in [6.45, 7) is 11.7. The first-order valence-electron chi connectivity index (χ1n) is 6.55. The van der Waals surface area contributed by atoms with Crippen LogP contribution in [0.25, 0.3) is 0 Å². The maximum Gasteiger partial charge on any atom is 0.124 e. The van der Waals surface area contributed by atoms with Gasteiger partial charge in [0.2, 0.25) is 0 Å². The van der Waals surface area contributed by atoms with Crippen molar-refractivity contribution in [3.63, 3.8) is 0 Å². The van der Waals surface area contributed by atoms with E-state index in [1.54, 1.807) is 0 Å². The molecule has 0 radical (unpaired) electrons. The van der Waals surface area contributed by atoms with Crippen LogP contribution in [0, 0.1) is 6.92 Å². The number of benzene rings is 1. The quantitative estimate of drug-likeness (QED) is 0.809. The summed E-state index contributed by atoms with van der Waals surface area (Å²) in [6.07, 6.45) is 1.37. The average molecular weight is 235 g/mol. The molecule has 0 bridgehead atoms. The predicted octanol–water partition coefficient (Wildman–Crippen LogP) is 3.84. The highest BCUT2D eigenvalue weighted by molar-refractivity contribution is 5.39. The lowest BCUT2D eigenvalue weighted by molar-refractivity contribution is 0.238. The van der Waals surface area contributed by atoms with Crippen molar-refractivity contribution in [2.75, 3.05) is 6.54 Å². The molecule has 0 aromatic heterocycles. The Balaban J connectivity index is 2.89. The highest BCUT2D eigenvalue weighted by atomic mass is 16.5. The number of nitrogens with one attached hydrogen (secondary N) is 1. The fourth-order valence-corrected chi connectivity index (χ4v) is 1.84. The summed E-state index contributed by atoms with van der Waals surface area (Å²) in [5.41, 5.74) is 2.54. The van der Waals surface area contributed by atoms with E-state index in [0.717, 1.165) is 18.7 Å². The van der Waals surface area contributed by atoms with Crippen LogP contribution in [0.15, 0.2) is 18.2 Å². The zero-order valence-electron chi connectivity index (χ0n) is 11.7. The topological polar surface area (TPSA) is 21.3 Å². The third-order valence-electron chi connectivity index (χ3n) is 2.69. The van der Waals surface area contributed by atoms with Gasteiger partial charge in [0, 0.05) is 11.6 Å². The Morgan fingerprint density at radius 2 is 1.94 bits per heavy atom. The highest BCUT2D eigenvalue weighted by Gasteiger charge is 2.12. The van der Waals surface area contributed by atoms with Crippen molar-refractivity contribution in [3.05, 3.63) is 29.3 Å². The molecule has 96 valence electrons. The molecule has 0 heterocycles. The molecule has 0 saturated heterocycles. The lowest BCUT2D eigenvalue weighted by atomic mass is 10.0. The van der Waals surface area contributed by atoms with Crippen molar-refractivity contribution in [2.45, 2.75) is 53.2 Å². The molecule has 1 aromatic carbocycles. The lowest BCUT2D eigenvalue weighted by Gasteiger charge is -2.20. The molecule has 2 heteroatoms. The third-order valence-corrected chi connectivity index (χ3v) is 2.69. The van der Waals surface area contributed by atoms with Gasteiger partial charge in [0.25, 0.3) is 0 Å². The second-order valence-electron chi connectivity index (χ2n) is 4.88. The van der Waals surface area contributed by atoms with Crippen molar-refractivity contribution >= 4 is 0 Å². The van der Waals surface area contributed by atoms with Crippen LogP contribution in [-0.2, 0) is 0 Å². The first-order valence-corrected chi connectivity index (χ1v) is 6.55. The zero-order valence-corrected chi connectivity index (χ0v) is 11.7. The van der Waals surface area contributed by atoms with Crippen LogP contribution in [0.4, 0.5) is 0 Å². The van der Waals surface area contributed by atoms with Gasteiger partial charge in [-0.05, 0) is 46.7 Å². The number of aryl methyl sites for hydroxylation is 1. The fraction of sp³-hybridized carbons (Fsp3) is 0.600. The first-order chi connectivity index (χ1) is 8.04. The average Bonchev–Trinajstić information content (AvgIpc) is 2.27. The van der Waals surface area contributed by atoms with Gasteiger partial charge in [-0.15, -0.1) is 0 Å². The Morgan fingerprint density at radius 1 is 1.24 bits per heavy atom. The van der Waals surface area contributed by atoms with Gasteiger partial charge >= 0.3 is 0 Å².